The molecule has 3 heterocycles. The fraction of sp³-hybridized carbons (Fsp3) is 0.304. The molecule has 1 aromatic carbocycles. The summed E-state index contributed by atoms with van der Waals surface area (Å²) in [4.78, 5) is 27.6. The predicted octanol–water partition coefficient (Wildman–Crippen LogP) is 4.45. The molecule has 2 aromatic heterocycles. The Hall–Kier alpha value is -2.79. The molecule has 1 atom stereocenters. The Morgan fingerprint density at radius 2 is 2.00 bits per heavy atom. The van der Waals surface area contributed by atoms with Gasteiger partial charge in [0.1, 0.15) is 6.33 Å². The van der Waals surface area contributed by atoms with Crippen LogP contribution in [0.25, 0.3) is 11.1 Å². The van der Waals surface area contributed by atoms with E-state index in [0.29, 0.717) is 17.9 Å². The molecule has 1 amide bonds. The molecule has 4 rings (SSSR count). The highest BCUT2D eigenvalue weighted by Crippen LogP contribution is 2.30. The number of nitrogens with zero attached hydrogens (tertiary/aromatic N) is 4. The first-order valence-electron chi connectivity index (χ1n) is 9.84. The van der Waals surface area contributed by atoms with Crippen LogP contribution in [0.2, 0.25) is 5.02 Å². The molecule has 0 bridgehead atoms. The third-order valence-electron chi connectivity index (χ3n) is 5.34. The summed E-state index contributed by atoms with van der Waals surface area (Å²) in [5.41, 5.74) is 5.14. The van der Waals surface area contributed by atoms with Crippen molar-refractivity contribution in [2.24, 2.45) is 0 Å². The number of hydrogen-bond donors (Lipinski definition) is 0. The Bertz CT molecular complexity index is 1010. The number of aromatic nitrogens is 3. The number of likely N-dealkylation sites (tertiary alicyclic amines) is 1. The molecule has 6 heteroatoms. The first-order valence-corrected chi connectivity index (χ1v) is 10.2. The minimum atomic E-state index is 0.191. The molecular formula is C23H23ClN4O. The summed E-state index contributed by atoms with van der Waals surface area (Å²) in [6.45, 7) is 3.49. The van der Waals surface area contributed by atoms with E-state index in [1.54, 1.807) is 0 Å². The molecule has 0 aliphatic carbocycles. The van der Waals surface area contributed by atoms with Crippen LogP contribution in [0.4, 0.5) is 0 Å². The van der Waals surface area contributed by atoms with Gasteiger partial charge in [-0.05, 0) is 55.2 Å². The van der Waals surface area contributed by atoms with E-state index in [4.69, 9.17) is 16.6 Å². The SMILES string of the molecule is Cc1cc(-c2cncnc2)cc([C@H]2CCN(C(=O)CCc3cccc(Cl)c3)C2)n1. The van der Waals surface area contributed by atoms with E-state index in [0.717, 1.165) is 47.6 Å². The number of pyridine rings is 1. The van der Waals surface area contributed by atoms with Gasteiger partial charge in [0, 0.05) is 59.8 Å². The quantitative estimate of drug-likeness (QED) is 0.628. The van der Waals surface area contributed by atoms with Crippen LogP contribution >= 0.6 is 11.6 Å². The van der Waals surface area contributed by atoms with Crippen LogP contribution in [0.1, 0.15) is 35.7 Å². The van der Waals surface area contributed by atoms with Crippen LogP contribution in [0.5, 0.6) is 0 Å². The normalized spacial score (nSPS) is 16.2. The zero-order valence-corrected chi connectivity index (χ0v) is 17.1. The Kier molecular flexibility index (Phi) is 5.86. The van der Waals surface area contributed by atoms with Crippen molar-refractivity contribution in [2.75, 3.05) is 13.1 Å². The average molecular weight is 407 g/mol. The topological polar surface area (TPSA) is 59.0 Å². The number of amides is 1. The smallest absolute Gasteiger partial charge is 0.222 e. The lowest BCUT2D eigenvalue weighted by Crippen LogP contribution is -2.28. The van der Waals surface area contributed by atoms with Crippen LogP contribution in [-0.4, -0.2) is 38.8 Å². The molecular weight excluding hydrogens is 384 g/mol. The Morgan fingerprint density at radius 3 is 2.79 bits per heavy atom. The standard InChI is InChI=1S/C23H23ClN4O/c1-16-9-19(20-12-25-15-26-13-20)11-22(27-16)18-7-8-28(14-18)23(29)6-5-17-3-2-4-21(24)10-17/h2-4,9-13,15,18H,5-8,14H2,1H3/t18-/m0/s1. The van der Waals surface area contributed by atoms with Crippen molar-refractivity contribution in [3.63, 3.8) is 0 Å². The lowest BCUT2D eigenvalue weighted by atomic mass is 10.00. The van der Waals surface area contributed by atoms with Gasteiger partial charge in [0.15, 0.2) is 0 Å². The third kappa shape index (κ3) is 4.80. The van der Waals surface area contributed by atoms with E-state index in [1.807, 2.05) is 54.5 Å². The van der Waals surface area contributed by atoms with E-state index >= 15 is 0 Å². The van der Waals surface area contributed by atoms with Crippen molar-refractivity contribution in [1.82, 2.24) is 19.9 Å². The summed E-state index contributed by atoms with van der Waals surface area (Å²) in [6.07, 6.45) is 7.30. The van der Waals surface area contributed by atoms with Gasteiger partial charge < -0.3 is 4.90 Å². The highest BCUT2D eigenvalue weighted by Gasteiger charge is 2.28. The molecule has 1 saturated heterocycles. The lowest BCUT2D eigenvalue weighted by molar-refractivity contribution is -0.130. The number of benzene rings is 1. The summed E-state index contributed by atoms with van der Waals surface area (Å²) in [5, 5.41) is 0.710. The maximum absolute atomic E-state index is 12.7. The number of carbonyl (C=O) groups is 1. The van der Waals surface area contributed by atoms with E-state index < -0.39 is 0 Å². The third-order valence-corrected chi connectivity index (χ3v) is 5.58. The molecule has 29 heavy (non-hydrogen) atoms. The van der Waals surface area contributed by atoms with Gasteiger partial charge >= 0.3 is 0 Å². The summed E-state index contributed by atoms with van der Waals surface area (Å²) in [6, 6.07) is 11.9. The van der Waals surface area contributed by atoms with Gasteiger partial charge in [-0.1, -0.05) is 23.7 Å². The van der Waals surface area contributed by atoms with E-state index in [1.165, 1.54) is 6.33 Å². The molecule has 0 radical (unpaired) electrons. The Morgan fingerprint density at radius 1 is 1.17 bits per heavy atom. The van der Waals surface area contributed by atoms with Gasteiger partial charge in [0.2, 0.25) is 5.91 Å². The number of aryl methyl sites for hydroxylation is 2. The molecule has 0 unspecified atom stereocenters. The molecule has 1 aliphatic heterocycles. The van der Waals surface area contributed by atoms with Gasteiger partial charge in [-0.15, -0.1) is 0 Å². The summed E-state index contributed by atoms with van der Waals surface area (Å²) in [5.74, 6) is 0.449. The second-order valence-corrected chi connectivity index (χ2v) is 7.94. The first kappa shape index (κ1) is 19.5. The monoisotopic (exact) mass is 406 g/mol. The summed E-state index contributed by atoms with van der Waals surface area (Å²) >= 11 is 6.03. The molecule has 1 fully saturated rings. The lowest BCUT2D eigenvalue weighted by Gasteiger charge is -2.17. The Balaban J connectivity index is 1.42. The molecule has 148 valence electrons. The average Bonchev–Trinajstić information content (AvgIpc) is 3.23. The van der Waals surface area contributed by atoms with Crippen LogP contribution in [-0.2, 0) is 11.2 Å². The van der Waals surface area contributed by atoms with Crippen molar-refractivity contribution < 1.29 is 4.79 Å². The van der Waals surface area contributed by atoms with Gasteiger partial charge in [-0.25, -0.2) is 9.97 Å². The molecule has 0 spiro atoms. The molecule has 1 aliphatic rings. The number of carbonyl (C=O) groups excluding carboxylic acids is 1. The zero-order valence-electron chi connectivity index (χ0n) is 16.4. The van der Waals surface area contributed by atoms with Crippen molar-refractivity contribution in [3.05, 3.63) is 77.1 Å². The molecule has 3 aromatic rings. The number of rotatable bonds is 5. The molecule has 0 N–H and O–H groups in total. The molecule has 5 nitrogen and oxygen atoms in total. The van der Waals surface area contributed by atoms with Gasteiger partial charge in [-0.2, -0.15) is 0 Å². The maximum atomic E-state index is 12.7. The van der Waals surface area contributed by atoms with Gasteiger partial charge in [0.25, 0.3) is 0 Å². The van der Waals surface area contributed by atoms with Crippen molar-refractivity contribution in [3.8, 4) is 11.1 Å². The van der Waals surface area contributed by atoms with Gasteiger partial charge in [0.05, 0.1) is 0 Å². The van der Waals surface area contributed by atoms with Crippen LogP contribution in [0.15, 0.2) is 55.1 Å². The zero-order chi connectivity index (χ0) is 20.2. The number of hydrogen-bond acceptors (Lipinski definition) is 4. The summed E-state index contributed by atoms with van der Waals surface area (Å²) in [7, 11) is 0. The predicted molar refractivity (Wildman–Crippen MR) is 114 cm³/mol. The van der Waals surface area contributed by atoms with E-state index in [9.17, 15) is 4.79 Å². The van der Waals surface area contributed by atoms with Crippen molar-refractivity contribution in [2.45, 2.75) is 32.1 Å². The Labute approximate surface area is 175 Å². The van der Waals surface area contributed by atoms with Crippen molar-refractivity contribution in [1.29, 1.82) is 0 Å². The minimum absolute atomic E-state index is 0.191. The first-order chi connectivity index (χ1) is 14.1. The van der Waals surface area contributed by atoms with Crippen LogP contribution in [0.3, 0.4) is 0 Å². The van der Waals surface area contributed by atoms with E-state index in [-0.39, 0.29) is 11.8 Å². The van der Waals surface area contributed by atoms with Crippen molar-refractivity contribution >= 4 is 17.5 Å². The highest BCUT2D eigenvalue weighted by atomic mass is 35.5. The fourth-order valence-corrected chi connectivity index (χ4v) is 4.06. The number of halogens is 1. The fourth-order valence-electron chi connectivity index (χ4n) is 3.85. The van der Waals surface area contributed by atoms with Gasteiger partial charge in [-0.3, -0.25) is 9.78 Å². The minimum Gasteiger partial charge on any atom is -0.342 e. The van der Waals surface area contributed by atoms with E-state index in [2.05, 4.69) is 16.0 Å². The van der Waals surface area contributed by atoms with Crippen LogP contribution < -0.4 is 0 Å². The largest absolute Gasteiger partial charge is 0.342 e. The van der Waals surface area contributed by atoms with Crippen LogP contribution in [0, 0.1) is 6.92 Å². The second-order valence-electron chi connectivity index (χ2n) is 7.50. The highest BCUT2D eigenvalue weighted by molar-refractivity contribution is 6.30. The summed E-state index contributed by atoms with van der Waals surface area (Å²) < 4.78 is 0. The molecule has 0 saturated carbocycles. The second kappa shape index (κ2) is 8.70. The maximum Gasteiger partial charge on any atom is 0.222 e.